The molecule has 0 fully saturated rings. The molecule has 0 aliphatic carbocycles. The van der Waals surface area contributed by atoms with Crippen molar-refractivity contribution in [3.05, 3.63) is 65.1 Å². The molecule has 1 N–H and O–H groups in total. The van der Waals surface area contributed by atoms with Crippen LogP contribution in [0.3, 0.4) is 0 Å². The minimum atomic E-state index is -1.29. The number of rotatable bonds is 4. The first-order chi connectivity index (χ1) is 10.9. The molecule has 120 valence electrons. The summed E-state index contributed by atoms with van der Waals surface area (Å²) >= 11 is 0. The van der Waals surface area contributed by atoms with Crippen LogP contribution in [0.25, 0.3) is 0 Å². The highest BCUT2D eigenvalue weighted by Gasteiger charge is 2.24. The van der Waals surface area contributed by atoms with Crippen molar-refractivity contribution in [2.24, 2.45) is 0 Å². The Labute approximate surface area is 129 Å². The van der Waals surface area contributed by atoms with Crippen molar-refractivity contribution in [3.8, 4) is 0 Å². The summed E-state index contributed by atoms with van der Waals surface area (Å²) < 4.78 is 31.4. The highest BCUT2D eigenvalue weighted by Crippen LogP contribution is 2.15. The largest absolute Gasteiger partial charge is 0.618 e. The molecular weight excluding hydrogens is 310 g/mol. The van der Waals surface area contributed by atoms with Crippen LogP contribution >= 0.6 is 0 Å². The van der Waals surface area contributed by atoms with Crippen molar-refractivity contribution in [2.75, 3.05) is 5.32 Å². The Morgan fingerprint density at radius 1 is 1.26 bits per heavy atom. The summed E-state index contributed by atoms with van der Waals surface area (Å²) in [6.45, 7) is 1.26. The van der Waals surface area contributed by atoms with Crippen molar-refractivity contribution in [2.45, 2.75) is 13.0 Å². The lowest BCUT2D eigenvalue weighted by Crippen LogP contribution is -2.37. The lowest BCUT2D eigenvalue weighted by Gasteiger charge is -2.13. The van der Waals surface area contributed by atoms with Gasteiger partial charge in [0.2, 0.25) is 0 Å². The van der Waals surface area contributed by atoms with Gasteiger partial charge in [0, 0.05) is 18.2 Å². The maximum absolute atomic E-state index is 13.4. The fraction of sp³-hybridized carbons (Fsp3) is 0.133. The van der Waals surface area contributed by atoms with E-state index in [1.807, 2.05) is 0 Å². The third kappa shape index (κ3) is 4.00. The number of benzene rings is 1. The Morgan fingerprint density at radius 2 is 2.00 bits per heavy atom. The molecule has 8 heteroatoms. The molecule has 0 spiro atoms. The highest BCUT2D eigenvalue weighted by molar-refractivity contribution is 5.96. The SMILES string of the molecule is C[C@H](OC(=O)c1cccc[n+]1[O-])C(=O)Nc1ccc(F)cc1F. The molecule has 0 radical (unpaired) electrons. The van der Waals surface area contributed by atoms with E-state index in [1.165, 1.54) is 25.1 Å². The molecule has 1 aromatic heterocycles. The predicted octanol–water partition coefficient (Wildman–Crippen LogP) is 1.78. The number of pyridine rings is 1. The Hall–Kier alpha value is -3.03. The molecule has 0 saturated heterocycles. The molecule has 2 rings (SSSR count). The highest BCUT2D eigenvalue weighted by atomic mass is 19.1. The van der Waals surface area contributed by atoms with Gasteiger partial charge in [0.1, 0.15) is 11.6 Å². The van der Waals surface area contributed by atoms with Crippen molar-refractivity contribution < 1.29 is 27.8 Å². The van der Waals surface area contributed by atoms with Crippen LogP contribution in [0.4, 0.5) is 14.5 Å². The molecule has 1 aromatic carbocycles. The van der Waals surface area contributed by atoms with E-state index in [4.69, 9.17) is 4.74 Å². The summed E-state index contributed by atoms with van der Waals surface area (Å²) in [4.78, 5) is 23.7. The van der Waals surface area contributed by atoms with E-state index >= 15 is 0 Å². The molecule has 1 heterocycles. The van der Waals surface area contributed by atoms with Gasteiger partial charge in [-0.2, -0.15) is 4.73 Å². The first-order valence-electron chi connectivity index (χ1n) is 6.53. The molecule has 1 atom stereocenters. The fourth-order valence-electron chi connectivity index (χ4n) is 1.69. The number of carbonyl (C=O) groups excluding carboxylic acids is 2. The van der Waals surface area contributed by atoms with Crippen LogP contribution in [0.1, 0.15) is 17.4 Å². The number of hydrogen-bond acceptors (Lipinski definition) is 4. The van der Waals surface area contributed by atoms with Gasteiger partial charge in [0.15, 0.2) is 12.3 Å². The van der Waals surface area contributed by atoms with Crippen molar-refractivity contribution in [3.63, 3.8) is 0 Å². The second-order valence-corrected chi connectivity index (χ2v) is 4.57. The number of halogens is 2. The average Bonchev–Trinajstić information content (AvgIpc) is 2.50. The number of anilines is 1. The molecular formula is C15H12F2N2O4. The van der Waals surface area contributed by atoms with Gasteiger partial charge in [-0.15, -0.1) is 0 Å². The van der Waals surface area contributed by atoms with Gasteiger partial charge >= 0.3 is 11.7 Å². The van der Waals surface area contributed by atoms with Crippen molar-refractivity contribution in [1.82, 2.24) is 0 Å². The molecule has 0 bridgehead atoms. The van der Waals surface area contributed by atoms with Crippen molar-refractivity contribution in [1.29, 1.82) is 0 Å². The lowest BCUT2D eigenvalue weighted by molar-refractivity contribution is -0.608. The molecule has 0 unspecified atom stereocenters. The topological polar surface area (TPSA) is 82.3 Å². The number of aromatic nitrogens is 1. The van der Waals surface area contributed by atoms with E-state index in [0.717, 1.165) is 18.3 Å². The summed E-state index contributed by atoms with van der Waals surface area (Å²) in [5.41, 5.74) is -0.544. The maximum Gasteiger partial charge on any atom is 0.405 e. The summed E-state index contributed by atoms with van der Waals surface area (Å²) in [5.74, 6) is -3.57. The van der Waals surface area contributed by atoms with Gasteiger partial charge in [0.25, 0.3) is 5.91 Å². The van der Waals surface area contributed by atoms with E-state index in [-0.39, 0.29) is 11.4 Å². The van der Waals surface area contributed by atoms with Gasteiger partial charge in [-0.25, -0.2) is 13.6 Å². The molecule has 23 heavy (non-hydrogen) atoms. The van der Waals surface area contributed by atoms with Crippen LogP contribution in [-0.2, 0) is 9.53 Å². The van der Waals surface area contributed by atoms with Crippen molar-refractivity contribution >= 4 is 17.6 Å². The zero-order valence-corrected chi connectivity index (χ0v) is 12.0. The third-order valence-electron chi connectivity index (χ3n) is 2.88. The monoisotopic (exact) mass is 322 g/mol. The normalized spacial score (nSPS) is 11.6. The number of nitrogens with zero attached hydrogens (tertiary/aromatic N) is 1. The van der Waals surface area contributed by atoms with Crippen LogP contribution in [0.5, 0.6) is 0 Å². The second-order valence-electron chi connectivity index (χ2n) is 4.57. The minimum Gasteiger partial charge on any atom is -0.618 e. The summed E-state index contributed by atoms with van der Waals surface area (Å²) in [5, 5.41) is 13.6. The van der Waals surface area contributed by atoms with E-state index in [2.05, 4.69) is 5.32 Å². The van der Waals surface area contributed by atoms with Gasteiger partial charge in [-0.05, 0) is 25.1 Å². The quantitative estimate of drug-likeness (QED) is 0.528. The third-order valence-corrected chi connectivity index (χ3v) is 2.88. The minimum absolute atomic E-state index is 0.252. The van der Waals surface area contributed by atoms with E-state index < -0.39 is 29.6 Å². The summed E-state index contributed by atoms with van der Waals surface area (Å²) in [7, 11) is 0. The standard InChI is InChI=1S/C15H12F2N2O4/c1-9(23-15(21)13-4-2-3-7-19(13)22)14(20)18-12-6-5-10(16)8-11(12)17/h2-9H,1H3,(H,18,20)/t9-/m0/s1. The van der Waals surface area contributed by atoms with Crippen LogP contribution in [-0.4, -0.2) is 18.0 Å². The first-order valence-corrected chi connectivity index (χ1v) is 6.53. The molecule has 0 aliphatic heterocycles. The molecule has 1 amide bonds. The van der Waals surface area contributed by atoms with Crippen LogP contribution < -0.4 is 10.0 Å². The summed E-state index contributed by atoms with van der Waals surface area (Å²) in [6, 6.07) is 6.75. The van der Waals surface area contributed by atoms with E-state index in [0.29, 0.717) is 10.8 Å². The number of amides is 1. The molecule has 2 aromatic rings. The molecule has 6 nitrogen and oxygen atoms in total. The number of ether oxygens (including phenoxy) is 1. The fourth-order valence-corrected chi connectivity index (χ4v) is 1.69. The predicted molar refractivity (Wildman–Crippen MR) is 75.3 cm³/mol. The van der Waals surface area contributed by atoms with E-state index in [9.17, 15) is 23.6 Å². The Kier molecular flexibility index (Phi) is 4.85. The smallest absolute Gasteiger partial charge is 0.405 e. The second kappa shape index (κ2) is 6.82. The van der Waals surface area contributed by atoms with E-state index in [1.54, 1.807) is 0 Å². The summed E-state index contributed by atoms with van der Waals surface area (Å²) in [6.07, 6.45) is -0.179. The number of hydrogen-bond donors (Lipinski definition) is 1. The van der Waals surface area contributed by atoms with Gasteiger partial charge < -0.3 is 15.3 Å². The Morgan fingerprint density at radius 3 is 2.65 bits per heavy atom. The zero-order valence-electron chi connectivity index (χ0n) is 12.0. The maximum atomic E-state index is 13.4. The number of carbonyl (C=O) groups is 2. The zero-order chi connectivity index (χ0) is 17.0. The number of nitrogens with one attached hydrogen (secondary N) is 1. The first kappa shape index (κ1) is 16.3. The van der Waals surface area contributed by atoms with Crippen LogP contribution in [0.15, 0.2) is 42.6 Å². The van der Waals surface area contributed by atoms with Gasteiger partial charge in [-0.1, -0.05) is 0 Å². The number of esters is 1. The average molecular weight is 322 g/mol. The van der Waals surface area contributed by atoms with Crippen LogP contribution in [0, 0.1) is 16.8 Å². The molecule has 0 aliphatic rings. The molecule has 0 saturated carbocycles. The Balaban J connectivity index is 2.03. The van der Waals surface area contributed by atoms with Gasteiger partial charge in [0.05, 0.1) is 5.69 Å². The van der Waals surface area contributed by atoms with Gasteiger partial charge in [-0.3, -0.25) is 4.79 Å². The Bertz CT molecular complexity index is 752. The lowest BCUT2D eigenvalue weighted by atomic mass is 10.2. The van der Waals surface area contributed by atoms with Crippen LogP contribution in [0.2, 0.25) is 0 Å².